The lowest BCUT2D eigenvalue weighted by Gasteiger charge is -2.24. The zero-order valence-corrected chi connectivity index (χ0v) is 15.4. The van der Waals surface area contributed by atoms with E-state index in [0.717, 1.165) is 18.4 Å². The van der Waals surface area contributed by atoms with Crippen LogP contribution in [0, 0.1) is 0 Å². The van der Waals surface area contributed by atoms with Crippen LogP contribution in [-0.2, 0) is 20.2 Å². The van der Waals surface area contributed by atoms with Gasteiger partial charge in [0, 0.05) is 24.0 Å². The lowest BCUT2D eigenvalue weighted by atomic mass is 10.0. The van der Waals surface area contributed by atoms with Crippen LogP contribution in [0.3, 0.4) is 0 Å². The minimum atomic E-state index is -2.89. The average Bonchev–Trinajstić information content (AvgIpc) is 3.21. The van der Waals surface area contributed by atoms with E-state index in [1.165, 1.54) is 0 Å². The molecule has 5 nitrogen and oxygen atoms in total. The molecule has 1 aliphatic carbocycles. The van der Waals surface area contributed by atoms with Crippen LogP contribution < -0.4 is 5.32 Å². The molecule has 3 rings (SSSR count). The van der Waals surface area contributed by atoms with Crippen LogP contribution in [0.5, 0.6) is 0 Å². The smallest absolute Gasteiger partial charge is 0.221 e. The monoisotopic (exact) mass is 370 g/mol. The molecule has 7 heteroatoms. The van der Waals surface area contributed by atoms with E-state index in [9.17, 15) is 13.2 Å². The Hall–Kier alpha value is -1.11. The van der Waals surface area contributed by atoms with Crippen molar-refractivity contribution in [2.24, 2.45) is 0 Å². The number of sulfone groups is 1. The van der Waals surface area contributed by atoms with Crippen molar-refractivity contribution in [3.63, 3.8) is 0 Å². The third-order valence-corrected chi connectivity index (χ3v) is 7.01. The molecular weight excluding hydrogens is 348 g/mol. The van der Waals surface area contributed by atoms with Crippen molar-refractivity contribution in [3.8, 4) is 0 Å². The maximum absolute atomic E-state index is 12.3. The molecule has 0 radical (unpaired) electrons. The van der Waals surface area contributed by atoms with E-state index in [1.807, 2.05) is 36.2 Å². The predicted octanol–water partition coefficient (Wildman–Crippen LogP) is 1.95. The number of carbonyl (C=O) groups is 1. The summed E-state index contributed by atoms with van der Waals surface area (Å²) in [5.41, 5.74) is 0.788. The second kappa shape index (κ2) is 6.65. The molecule has 132 valence electrons. The van der Waals surface area contributed by atoms with Crippen LogP contribution in [-0.4, -0.2) is 50.4 Å². The SMILES string of the molecule is CN(CCC(=O)NC1(c2cccc(Cl)c2)CC1)[C@@H]1CCS(=O)(=O)C1. The minimum Gasteiger partial charge on any atom is -0.347 e. The highest BCUT2D eigenvalue weighted by atomic mass is 35.5. The molecule has 1 saturated carbocycles. The maximum Gasteiger partial charge on any atom is 0.221 e. The van der Waals surface area contributed by atoms with E-state index < -0.39 is 9.84 Å². The van der Waals surface area contributed by atoms with Gasteiger partial charge in [-0.05, 0) is 44.0 Å². The second-order valence-corrected chi connectivity index (χ2v) is 9.59. The molecule has 0 unspecified atom stereocenters. The largest absolute Gasteiger partial charge is 0.347 e. The normalized spacial score (nSPS) is 24.0. The number of benzene rings is 1. The standard InChI is InChI=1S/C17H23ClN2O3S/c1-20(15-6-10-24(22,23)12-15)9-5-16(21)19-17(7-8-17)13-3-2-4-14(18)11-13/h2-4,11,15H,5-10,12H2,1H3,(H,19,21)/t15-/m1/s1. The fourth-order valence-electron chi connectivity index (χ4n) is 3.31. The average molecular weight is 371 g/mol. The van der Waals surface area contributed by atoms with Crippen molar-refractivity contribution in [3.05, 3.63) is 34.9 Å². The first-order valence-electron chi connectivity index (χ1n) is 8.27. The summed E-state index contributed by atoms with van der Waals surface area (Å²) in [6.45, 7) is 0.567. The molecule has 0 bridgehead atoms. The maximum atomic E-state index is 12.3. The summed E-state index contributed by atoms with van der Waals surface area (Å²) >= 11 is 6.05. The fraction of sp³-hybridized carbons (Fsp3) is 0.588. The predicted molar refractivity (Wildman–Crippen MR) is 94.8 cm³/mol. The van der Waals surface area contributed by atoms with Gasteiger partial charge in [-0.1, -0.05) is 23.7 Å². The summed E-state index contributed by atoms with van der Waals surface area (Å²) in [6, 6.07) is 7.66. The molecule has 1 amide bonds. The quantitative estimate of drug-likeness (QED) is 0.831. The third-order valence-electron chi connectivity index (χ3n) is 5.03. The Morgan fingerprint density at radius 2 is 2.17 bits per heavy atom. The number of halogens is 1. The molecule has 1 aromatic rings. The molecule has 0 aromatic heterocycles. The lowest BCUT2D eigenvalue weighted by Crippen LogP contribution is -2.39. The first kappa shape index (κ1) is 17.7. The molecule has 2 fully saturated rings. The topological polar surface area (TPSA) is 66.5 Å². The number of nitrogens with zero attached hydrogens (tertiary/aromatic N) is 1. The van der Waals surface area contributed by atoms with E-state index in [4.69, 9.17) is 11.6 Å². The minimum absolute atomic E-state index is 0.000166. The molecule has 24 heavy (non-hydrogen) atoms. The number of amides is 1. The zero-order valence-electron chi connectivity index (χ0n) is 13.8. The summed E-state index contributed by atoms with van der Waals surface area (Å²) in [5, 5.41) is 3.81. The van der Waals surface area contributed by atoms with Crippen molar-refractivity contribution in [1.82, 2.24) is 10.2 Å². The number of hydrogen-bond acceptors (Lipinski definition) is 4. The Balaban J connectivity index is 1.51. The Morgan fingerprint density at radius 3 is 2.75 bits per heavy atom. The van der Waals surface area contributed by atoms with Crippen molar-refractivity contribution < 1.29 is 13.2 Å². The van der Waals surface area contributed by atoms with Crippen molar-refractivity contribution in [1.29, 1.82) is 0 Å². The number of carbonyl (C=O) groups excluding carboxylic acids is 1. The van der Waals surface area contributed by atoms with E-state index in [0.29, 0.717) is 24.4 Å². The van der Waals surface area contributed by atoms with Crippen molar-refractivity contribution in [2.45, 2.75) is 37.3 Å². The van der Waals surface area contributed by atoms with Crippen LogP contribution in [0.25, 0.3) is 0 Å². The van der Waals surface area contributed by atoms with Crippen molar-refractivity contribution in [2.75, 3.05) is 25.1 Å². The van der Waals surface area contributed by atoms with Gasteiger partial charge < -0.3 is 10.2 Å². The molecular formula is C17H23ClN2O3S. The molecule has 1 saturated heterocycles. The second-order valence-electron chi connectivity index (χ2n) is 6.93. The first-order valence-corrected chi connectivity index (χ1v) is 10.5. The Labute approximate surface area is 148 Å². The molecule has 1 heterocycles. The highest BCUT2D eigenvalue weighted by molar-refractivity contribution is 7.91. The van der Waals surface area contributed by atoms with E-state index >= 15 is 0 Å². The molecule has 1 aromatic carbocycles. The number of rotatable bonds is 6. The summed E-state index contributed by atoms with van der Waals surface area (Å²) < 4.78 is 23.1. The summed E-state index contributed by atoms with van der Waals surface area (Å²) in [4.78, 5) is 14.3. The summed E-state index contributed by atoms with van der Waals surface area (Å²) in [6.07, 6.45) is 2.88. The van der Waals surface area contributed by atoms with Gasteiger partial charge in [0.1, 0.15) is 0 Å². The van der Waals surface area contributed by atoms with Crippen LogP contribution in [0.1, 0.15) is 31.2 Å². The Kier molecular flexibility index (Phi) is 4.91. The lowest BCUT2D eigenvalue weighted by molar-refractivity contribution is -0.122. The fourth-order valence-corrected chi connectivity index (χ4v) is 5.31. The van der Waals surface area contributed by atoms with Gasteiger partial charge in [-0.3, -0.25) is 4.79 Å². The first-order chi connectivity index (χ1) is 11.3. The van der Waals surface area contributed by atoms with Gasteiger partial charge in [0.2, 0.25) is 5.91 Å². The molecule has 1 N–H and O–H groups in total. The molecule has 1 aliphatic heterocycles. The van der Waals surface area contributed by atoms with Gasteiger partial charge in [-0.2, -0.15) is 0 Å². The van der Waals surface area contributed by atoms with Gasteiger partial charge in [0.25, 0.3) is 0 Å². The van der Waals surface area contributed by atoms with Crippen LogP contribution in [0.4, 0.5) is 0 Å². The Morgan fingerprint density at radius 1 is 1.42 bits per heavy atom. The van der Waals surface area contributed by atoms with Gasteiger partial charge in [-0.15, -0.1) is 0 Å². The van der Waals surface area contributed by atoms with Gasteiger partial charge in [0.05, 0.1) is 17.0 Å². The number of nitrogens with one attached hydrogen (secondary N) is 1. The molecule has 2 aliphatic rings. The van der Waals surface area contributed by atoms with E-state index in [2.05, 4.69) is 5.32 Å². The van der Waals surface area contributed by atoms with Crippen LogP contribution in [0.15, 0.2) is 24.3 Å². The molecule has 1 atom stereocenters. The van der Waals surface area contributed by atoms with E-state index in [-0.39, 0.29) is 29.0 Å². The third kappa shape index (κ3) is 4.10. The highest BCUT2D eigenvalue weighted by Crippen LogP contribution is 2.46. The molecule has 0 spiro atoms. The Bertz CT molecular complexity index is 731. The number of hydrogen-bond donors (Lipinski definition) is 1. The highest BCUT2D eigenvalue weighted by Gasteiger charge is 2.45. The van der Waals surface area contributed by atoms with Crippen LogP contribution >= 0.6 is 11.6 Å². The van der Waals surface area contributed by atoms with Crippen LogP contribution in [0.2, 0.25) is 5.02 Å². The van der Waals surface area contributed by atoms with Gasteiger partial charge in [0.15, 0.2) is 9.84 Å². The summed E-state index contributed by atoms with van der Waals surface area (Å²) in [5.74, 6) is 0.462. The van der Waals surface area contributed by atoms with Gasteiger partial charge >= 0.3 is 0 Å². The summed E-state index contributed by atoms with van der Waals surface area (Å²) in [7, 11) is -1.00. The van der Waals surface area contributed by atoms with Crippen molar-refractivity contribution >= 4 is 27.3 Å². The van der Waals surface area contributed by atoms with E-state index in [1.54, 1.807) is 0 Å². The zero-order chi connectivity index (χ0) is 17.4. The van der Waals surface area contributed by atoms with Gasteiger partial charge in [-0.25, -0.2) is 8.42 Å².